The first-order valence-corrected chi connectivity index (χ1v) is 8.01. The second kappa shape index (κ2) is 6.56. The summed E-state index contributed by atoms with van der Waals surface area (Å²) in [6, 6.07) is 6.74. The van der Waals surface area contributed by atoms with Gasteiger partial charge in [-0.15, -0.1) is 0 Å². The molecule has 0 amide bonds. The van der Waals surface area contributed by atoms with Gasteiger partial charge < -0.3 is 4.74 Å². The zero-order valence-electron chi connectivity index (χ0n) is 11.3. The van der Waals surface area contributed by atoms with Gasteiger partial charge in [-0.2, -0.15) is 0 Å². The van der Waals surface area contributed by atoms with Crippen LogP contribution in [0.2, 0.25) is 0 Å². The van der Waals surface area contributed by atoms with E-state index >= 15 is 0 Å². The molecule has 0 aliphatic carbocycles. The summed E-state index contributed by atoms with van der Waals surface area (Å²) in [6.07, 6.45) is 1.73. The van der Waals surface area contributed by atoms with Crippen LogP contribution < -0.4 is 4.72 Å². The van der Waals surface area contributed by atoms with Gasteiger partial charge >= 0.3 is 5.97 Å². The van der Waals surface area contributed by atoms with Gasteiger partial charge in [-0.05, 0) is 31.0 Å². The first kappa shape index (κ1) is 15.5. The molecule has 0 aromatic heterocycles. The second-order valence-corrected chi connectivity index (χ2v) is 5.96. The molecular weight excluding hydrogens is 266 g/mol. The van der Waals surface area contributed by atoms with Crippen molar-refractivity contribution >= 4 is 21.7 Å². The van der Waals surface area contributed by atoms with Gasteiger partial charge in [0.2, 0.25) is 10.0 Å². The summed E-state index contributed by atoms with van der Waals surface area (Å²) in [6.45, 7) is 4.02. The third kappa shape index (κ3) is 4.90. The van der Waals surface area contributed by atoms with Crippen LogP contribution in [-0.4, -0.2) is 27.2 Å². The van der Waals surface area contributed by atoms with Crippen molar-refractivity contribution in [3.63, 3.8) is 0 Å². The van der Waals surface area contributed by atoms with E-state index in [-0.39, 0.29) is 11.9 Å². The fourth-order valence-electron chi connectivity index (χ4n) is 1.78. The minimum atomic E-state index is -3.28. The molecule has 0 saturated heterocycles. The van der Waals surface area contributed by atoms with E-state index in [1.54, 1.807) is 31.2 Å². The zero-order valence-corrected chi connectivity index (χ0v) is 12.2. The van der Waals surface area contributed by atoms with Crippen molar-refractivity contribution in [1.29, 1.82) is 0 Å². The number of esters is 1. The van der Waals surface area contributed by atoms with E-state index in [4.69, 9.17) is 4.74 Å². The van der Waals surface area contributed by atoms with E-state index in [1.165, 1.54) is 0 Å². The summed E-state index contributed by atoms with van der Waals surface area (Å²) in [5, 5.41) is 0. The fourth-order valence-corrected chi connectivity index (χ4v) is 2.34. The molecule has 0 aliphatic heterocycles. The van der Waals surface area contributed by atoms with Crippen molar-refractivity contribution in [2.75, 3.05) is 17.6 Å². The number of nitrogens with one attached hydrogen (secondary N) is 1. The summed E-state index contributed by atoms with van der Waals surface area (Å²) in [4.78, 5) is 11.8. The summed E-state index contributed by atoms with van der Waals surface area (Å²) < 4.78 is 29.6. The standard InChI is InChI=1S/C13H19NO4S/c1-4-12(13(15)18-5-2)10-6-8-11(9-7-10)14-19(3,16)17/h6-9,12,14H,4-5H2,1-3H3. The van der Waals surface area contributed by atoms with Crippen molar-refractivity contribution in [3.05, 3.63) is 29.8 Å². The quantitative estimate of drug-likeness (QED) is 0.813. The Morgan fingerprint density at radius 3 is 2.26 bits per heavy atom. The Kier molecular flexibility index (Phi) is 5.35. The van der Waals surface area contributed by atoms with Crippen molar-refractivity contribution in [1.82, 2.24) is 0 Å². The molecule has 6 heteroatoms. The third-order valence-corrected chi connectivity index (χ3v) is 3.20. The van der Waals surface area contributed by atoms with Gasteiger partial charge in [0, 0.05) is 5.69 Å². The number of benzene rings is 1. The highest BCUT2D eigenvalue weighted by Crippen LogP contribution is 2.23. The molecule has 106 valence electrons. The van der Waals surface area contributed by atoms with Crippen molar-refractivity contribution < 1.29 is 17.9 Å². The van der Waals surface area contributed by atoms with E-state index in [1.807, 2.05) is 6.92 Å². The molecule has 0 spiro atoms. The molecule has 1 aromatic carbocycles. The largest absolute Gasteiger partial charge is 0.466 e. The van der Waals surface area contributed by atoms with Crippen LogP contribution in [0.1, 0.15) is 31.7 Å². The minimum absolute atomic E-state index is 0.256. The molecule has 0 fully saturated rings. The molecule has 0 radical (unpaired) electrons. The van der Waals surface area contributed by atoms with Crippen LogP contribution in [0.25, 0.3) is 0 Å². The molecule has 1 aromatic rings. The maximum atomic E-state index is 11.8. The van der Waals surface area contributed by atoms with Gasteiger partial charge in [-0.25, -0.2) is 8.42 Å². The van der Waals surface area contributed by atoms with Gasteiger partial charge in [-0.3, -0.25) is 9.52 Å². The van der Waals surface area contributed by atoms with Gasteiger partial charge in [0.1, 0.15) is 0 Å². The van der Waals surface area contributed by atoms with E-state index in [0.717, 1.165) is 11.8 Å². The van der Waals surface area contributed by atoms with Crippen LogP contribution in [0.5, 0.6) is 0 Å². The lowest BCUT2D eigenvalue weighted by Gasteiger charge is -2.14. The highest BCUT2D eigenvalue weighted by Gasteiger charge is 2.19. The Hall–Kier alpha value is -1.56. The predicted molar refractivity (Wildman–Crippen MR) is 74.6 cm³/mol. The van der Waals surface area contributed by atoms with Gasteiger partial charge in [0.25, 0.3) is 0 Å². The third-order valence-electron chi connectivity index (χ3n) is 2.60. The fraction of sp³-hybridized carbons (Fsp3) is 0.462. The Labute approximate surface area is 114 Å². The average Bonchev–Trinajstić information content (AvgIpc) is 2.30. The summed E-state index contributed by atoms with van der Waals surface area (Å²) in [7, 11) is -3.28. The number of sulfonamides is 1. The lowest BCUT2D eigenvalue weighted by Crippen LogP contribution is -2.15. The number of anilines is 1. The van der Waals surface area contributed by atoms with Gasteiger partial charge in [0.05, 0.1) is 18.8 Å². The van der Waals surface area contributed by atoms with E-state index in [0.29, 0.717) is 18.7 Å². The molecule has 1 atom stereocenters. The molecule has 0 bridgehead atoms. The monoisotopic (exact) mass is 285 g/mol. The number of ether oxygens (including phenoxy) is 1. The lowest BCUT2D eigenvalue weighted by atomic mass is 9.96. The van der Waals surface area contributed by atoms with Gasteiger partial charge in [0.15, 0.2) is 0 Å². The minimum Gasteiger partial charge on any atom is -0.466 e. The number of carbonyl (C=O) groups is 1. The van der Waals surface area contributed by atoms with Crippen LogP contribution in [0.15, 0.2) is 24.3 Å². The van der Waals surface area contributed by atoms with Gasteiger partial charge in [-0.1, -0.05) is 19.1 Å². The molecule has 1 unspecified atom stereocenters. The second-order valence-electron chi connectivity index (χ2n) is 4.21. The zero-order chi connectivity index (χ0) is 14.5. The topological polar surface area (TPSA) is 72.5 Å². The highest BCUT2D eigenvalue weighted by molar-refractivity contribution is 7.92. The smallest absolute Gasteiger partial charge is 0.313 e. The van der Waals surface area contributed by atoms with E-state index in [2.05, 4.69) is 4.72 Å². The summed E-state index contributed by atoms with van der Waals surface area (Å²) in [5.41, 5.74) is 1.30. The molecular formula is C13H19NO4S. The number of hydrogen-bond acceptors (Lipinski definition) is 4. The Morgan fingerprint density at radius 2 is 1.84 bits per heavy atom. The number of rotatable bonds is 6. The SMILES string of the molecule is CCOC(=O)C(CC)c1ccc(NS(C)(=O)=O)cc1. The molecule has 1 rings (SSSR count). The maximum Gasteiger partial charge on any atom is 0.313 e. The molecule has 19 heavy (non-hydrogen) atoms. The number of carbonyl (C=O) groups excluding carboxylic acids is 1. The van der Waals surface area contributed by atoms with E-state index in [9.17, 15) is 13.2 Å². The highest BCUT2D eigenvalue weighted by atomic mass is 32.2. The van der Waals surface area contributed by atoms with Crippen molar-refractivity contribution in [3.8, 4) is 0 Å². The van der Waals surface area contributed by atoms with Crippen molar-refractivity contribution in [2.45, 2.75) is 26.2 Å². The van der Waals surface area contributed by atoms with Crippen LogP contribution in [0.3, 0.4) is 0 Å². The normalized spacial score (nSPS) is 12.8. The Morgan fingerprint density at radius 1 is 1.26 bits per heavy atom. The Balaban J connectivity index is 2.87. The number of hydrogen-bond donors (Lipinski definition) is 1. The molecule has 0 heterocycles. The van der Waals surface area contributed by atoms with Crippen molar-refractivity contribution in [2.24, 2.45) is 0 Å². The van der Waals surface area contributed by atoms with Crippen LogP contribution >= 0.6 is 0 Å². The Bertz CT molecular complexity index is 522. The molecule has 0 saturated carbocycles. The van der Waals surface area contributed by atoms with Crippen LogP contribution in [0.4, 0.5) is 5.69 Å². The predicted octanol–water partition coefficient (Wildman–Crippen LogP) is 2.11. The molecule has 1 N–H and O–H groups in total. The maximum absolute atomic E-state index is 11.8. The first-order chi connectivity index (χ1) is 8.87. The summed E-state index contributed by atoms with van der Waals surface area (Å²) in [5.74, 6) is -0.568. The summed E-state index contributed by atoms with van der Waals surface area (Å²) >= 11 is 0. The molecule has 0 aliphatic rings. The van der Waals surface area contributed by atoms with Crippen LogP contribution in [0, 0.1) is 0 Å². The van der Waals surface area contributed by atoms with E-state index < -0.39 is 10.0 Å². The average molecular weight is 285 g/mol. The first-order valence-electron chi connectivity index (χ1n) is 6.11. The lowest BCUT2D eigenvalue weighted by molar-refractivity contribution is -0.145. The van der Waals surface area contributed by atoms with Crippen LogP contribution in [-0.2, 0) is 19.6 Å². The molecule has 5 nitrogen and oxygen atoms in total.